The molecule has 1 aromatic rings. The molecule has 0 radical (unpaired) electrons. The number of amides is 2. The maximum atomic E-state index is 12.5. The second-order valence-electron chi connectivity index (χ2n) is 6.36. The van der Waals surface area contributed by atoms with Crippen molar-refractivity contribution >= 4 is 6.03 Å². The maximum Gasteiger partial charge on any atom is 0.319 e. The Labute approximate surface area is 133 Å². The quantitative estimate of drug-likeness (QED) is 0.840. The van der Waals surface area contributed by atoms with Gasteiger partial charge in [-0.05, 0) is 46.5 Å². The van der Waals surface area contributed by atoms with Crippen LogP contribution in [0.5, 0.6) is 0 Å². The van der Waals surface area contributed by atoms with E-state index in [0.29, 0.717) is 12.0 Å². The molecule has 0 aliphatic carbocycles. The molecule has 0 aromatic carbocycles. The first kappa shape index (κ1) is 16.8. The van der Waals surface area contributed by atoms with Crippen LogP contribution in [-0.4, -0.2) is 56.8 Å². The predicted octanol–water partition coefficient (Wildman–Crippen LogP) is 2.58. The van der Waals surface area contributed by atoms with E-state index >= 15 is 0 Å². The predicted molar refractivity (Wildman–Crippen MR) is 86.7 cm³/mol. The number of likely N-dealkylation sites (tertiary alicyclic amines) is 1. The number of piperidine rings is 1. The smallest absolute Gasteiger partial charge is 0.319 e. The maximum absolute atomic E-state index is 12.5. The van der Waals surface area contributed by atoms with E-state index in [1.165, 1.54) is 0 Å². The van der Waals surface area contributed by atoms with E-state index in [9.17, 15) is 4.79 Å². The molecule has 6 heteroatoms. The zero-order valence-electron chi connectivity index (χ0n) is 14.3. The third kappa shape index (κ3) is 3.78. The van der Waals surface area contributed by atoms with E-state index in [1.807, 2.05) is 30.0 Å². The summed E-state index contributed by atoms with van der Waals surface area (Å²) < 4.78 is 2.13. The van der Waals surface area contributed by atoms with Crippen LogP contribution in [0.25, 0.3) is 0 Å². The average Bonchev–Trinajstić information content (AvgIpc) is 2.97. The highest BCUT2D eigenvalue weighted by Gasteiger charge is 2.27. The first-order chi connectivity index (χ1) is 10.6. The Kier molecular flexibility index (Phi) is 5.80. The van der Waals surface area contributed by atoms with Crippen LogP contribution in [0.3, 0.4) is 0 Å². The minimum Gasteiger partial charge on any atom is -0.325 e. The van der Waals surface area contributed by atoms with E-state index in [1.54, 1.807) is 0 Å². The fourth-order valence-corrected chi connectivity index (χ4v) is 3.20. The second kappa shape index (κ2) is 7.61. The molecule has 2 amide bonds. The first-order valence-corrected chi connectivity index (χ1v) is 8.49. The molecule has 6 nitrogen and oxygen atoms in total. The highest BCUT2D eigenvalue weighted by atomic mass is 16.2. The molecule has 0 spiro atoms. The molecular weight excluding hydrogens is 278 g/mol. The number of nitrogens with zero attached hydrogens (tertiary/aromatic N) is 5. The van der Waals surface area contributed by atoms with Crippen LogP contribution in [-0.2, 0) is 6.42 Å². The molecular formula is C16H29N5O. The third-order valence-electron chi connectivity index (χ3n) is 4.50. The van der Waals surface area contributed by atoms with Crippen molar-refractivity contribution in [1.82, 2.24) is 24.6 Å². The minimum atomic E-state index is 0.181. The SMILES string of the molecule is CCN(CC)C(=O)N1CCCC(Cc2nncn2C(C)C)C1. The van der Waals surface area contributed by atoms with Crippen molar-refractivity contribution in [2.45, 2.75) is 53.0 Å². The molecule has 1 aliphatic heterocycles. The van der Waals surface area contributed by atoms with Crippen LogP contribution in [0.4, 0.5) is 4.79 Å². The van der Waals surface area contributed by atoms with Crippen molar-refractivity contribution in [2.75, 3.05) is 26.2 Å². The van der Waals surface area contributed by atoms with Crippen molar-refractivity contribution in [3.05, 3.63) is 12.2 Å². The molecule has 2 rings (SSSR count). The lowest BCUT2D eigenvalue weighted by Gasteiger charge is -2.36. The summed E-state index contributed by atoms with van der Waals surface area (Å²) in [5.74, 6) is 1.52. The van der Waals surface area contributed by atoms with Gasteiger partial charge in [0, 0.05) is 38.6 Å². The van der Waals surface area contributed by atoms with Crippen LogP contribution in [0, 0.1) is 5.92 Å². The van der Waals surface area contributed by atoms with Crippen molar-refractivity contribution < 1.29 is 4.79 Å². The van der Waals surface area contributed by atoms with Gasteiger partial charge in [0.25, 0.3) is 0 Å². The van der Waals surface area contributed by atoms with Gasteiger partial charge in [0.1, 0.15) is 12.2 Å². The Morgan fingerprint density at radius 2 is 2.14 bits per heavy atom. The van der Waals surface area contributed by atoms with Gasteiger partial charge in [-0.15, -0.1) is 10.2 Å². The number of urea groups is 1. The molecule has 1 atom stereocenters. The van der Waals surface area contributed by atoms with Crippen molar-refractivity contribution in [1.29, 1.82) is 0 Å². The third-order valence-corrected chi connectivity index (χ3v) is 4.50. The van der Waals surface area contributed by atoms with Gasteiger partial charge in [0.05, 0.1) is 0 Å². The van der Waals surface area contributed by atoms with Crippen LogP contribution < -0.4 is 0 Å². The summed E-state index contributed by atoms with van der Waals surface area (Å²) in [4.78, 5) is 16.4. The van der Waals surface area contributed by atoms with Gasteiger partial charge in [-0.3, -0.25) is 0 Å². The lowest BCUT2D eigenvalue weighted by molar-refractivity contribution is 0.131. The fourth-order valence-electron chi connectivity index (χ4n) is 3.20. The van der Waals surface area contributed by atoms with Gasteiger partial charge in [-0.1, -0.05) is 0 Å². The molecule has 1 aromatic heterocycles. The summed E-state index contributed by atoms with van der Waals surface area (Å²) in [5.41, 5.74) is 0. The van der Waals surface area contributed by atoms with Crippen molar-refractivity contribution in [3.8, 4) is 0 Å². The Bertz CT molecular complexity index is 481. The number of rotatable bonds is 5. The molecule has 124 valence electrons. The summed E-state index contributed by atoms with van der Waals surface area (Å²) in [7, 11) is 0. The van der Waals surface area contributed by atoms with Crippen LogP contribution >= 0.6 is 0 Å². The summed E-state index contributed by atoms with van der Waals surface area (Å²) in [6.07, 6.45) is 4.95. The van der Waals surface area contributed by atoms with Crippen LogP contribution in [0.1, 0.15) is 52.4 Å². The zero-order chi connectivity index (χ0) is 16.1. The molecule has 1 fully saturated rings. The molecule has 1 aliphatic rings. The Balaban J connectivity index is 1.98. The lowest BCUT2D eigenvalue weighted by Crippen LogP contribution is -2.47. The average molecular weight is 307 g/mol. The zero-order valence-corrected chi connectivity index (χ0v) is 14.3. The van der Waals surface area contributed by atoms with Crippen molar-refractivity contribution in [2.24, 2.45) is 5.92 Å². The standard InChI is InChI=1S/C16H29N5O/c1-5-19(6-2)16(22)20-9-7-8-14(11-20)10-15-18-17-12-21(15)13(3)4/h12-14H,5-11H2,1-4H3. The summed E-state index contributed by atoms with van der Waals surface area (Å²) in [5, 5.41) is 8.31. The molecule has 1 saturated heterocycles. The van der Waals surface area contributed by atoms with Gasteiger partial charge in [0.15, 0.2) is 0 Å². The molecule has 2 heterocycles. The van der Waals surface area contributed by atoms with Gasteiger partial charge in [-0.25, -0.2) is 4.79 Å². The summed E-state index contributed by atoms with van der Waals surface area (Å²) >= 11 is 0. The summed E-state index contributed by atoms with van der Waals surface area (Å²) in [6, 6.07) is 0.557. The largest absolute Gasteiger partial charge is 0.325 e. The number of carbonyl (C=O) groups is 1. The molecule has 0 bridgehead atoms. The minimum absolute atomic E-state index is 0.181. The molecule has 0 saturated carbocycles. The monoisotopic (exact) mass is 307 g/mol. The van der Waals surface area contributed by atoms with Gasteiger partial charge in [0.2, 0.25) is 0 Å². The van der Waals surface area contributed by atoms with Crippen LogP contribution in [0.2, 0.25) is 0 Å². The van der Waals surface area contributed by atoms with E-state index < -0.39 is 0 Å². The van der Waals surface area contributed by atoms with Gasteiger partial charge >= 0.3 is 6.03 Å². The molecule has 22 heavy (non-hydrogen) atoms. The van der Waals surface area contributed by atoms with Gasteiger partial charge < -0.3 is 14.4 Å². The van der Waals surface area contributed by atoms with Gasteiger partial charge in [-0.2, -0.15) is 0 Å². The Morgan fingerprint density at radius 3 is 2.77 bits per heavy atom. The van der Waals surface area contributed by atoms with Crippen molar-refractivity contribution in [3.63, 3.8) is 0 Å². The number of hydrogen-bond acceptors (Lipinski definition) is 3. The number of hydrogen-bond donors (Lipinski definition) is 0. The highest BCUT2D eigenvalue weighted by Crippen LogP contribution is 2.22. The van der Waals surface area contributed by atoms with E-state index in [4.69, 9.17) is 0 Å². The topological polar surface area (TPSA) is 54.3 Å². The fraction of sp³-hybridized carbons (Fsp3) is 0.812. The second-order valence-corrected chi connectivity index (χ2v) is 6.36. The number of carbonyl (C=O) groups excluding carboxylic acids is 1. The Hall–Kier alpha value is -1.59. The van der Waals surface area contributed by atoms with E-state index in [-0.39, 0.29) is 6.03 Å². The highest BCUT2D eigenvalue weighted by molar-refractivity contribution is 5.74. The first-order valence-electron chi connectivity index (χ1n) is 8.49. The van der Waals surface area contributed by atoms with Crippen LogP contribution in [0.15, 0.2) is 6.33 Å². The van der Waals surface area contributed by atoms with E-state index in [0.717, 1.165) is 51.3 Å². The number of aromatic nitrogens is 3. The molecule has 0 N–H and O–H groups in total. The lowest BCUT2D eigenvalue weighted by atomic mass is 9.94. The normalized spacial score (nSPS) is 18.8. The Morgan fingerprint density at radius 1 is 1.41 bits per heavy atom. The molecule has 1 unspecified atom stereocenters. The summed E-state index contributed by atoms with van der Waals surface area (Å²) in [6.45, 7) is 11.6. The van der Waals surface area contributed by atoms with E-state index in [2.05, 4.69) is 28.6 Å².